The number of hydrogen-bond acceptors (Lipinski definition) is 2. The minimum atomic E-state index is -0.774. The van der Waals surface area contributed by atoms with E-state index in [-0.39, 0.29) is 0 Å². The molecule has 0 fully saturated rings. The Morgan fingerprint density at radius 1 is 1.19 bits per heavy atom. The lowest BCUT2D eigenvalue weighted by molar-refractivity contribution is 0.0160. The maximum absolute atomic E-state index is 10.0. The summed E-state index contributed by atoms with van der Waals surface area (Å²) < 4.78 is 0. The van der Waals surface area contributed by atoms with Crippen LogP contribution in [0.15, 0.2) is 18.2 Å². The van der Waals surface area contributed by atoms with Gasteiger partial charge in [-0.3, -0.25) is 0 Å². The minimum Gasteiger partial charge on any atom is -0.390 e. The smallest absolute Gasteiger partial charge is 0.105 e. The zero-order chi connectivity index (χ0) is 12.3. The Kier molecular flexibility index (Phi) is 4.51. The van der Waals surface area contributed by atoms with Crippen molar-refractivity contribution in [2.45, 2.75) is 52.2 Å². The van der Waals surface area contributed by atoms with Crippen molar-refractivity contribution in [3.63, 3.8) is 0 Å². The fourth-order valence-corrected chi connectivity index (χ4v) is 1.77. The molecule has 1 rings (SSSR count). The largest absolute Gasteiger partial charge is 0.390 e. The highest BCUT2D eigenvalue weighted by atomic mass is 16.3. The first-order valence-electron chi connectivity index (χ1n) is 5.94. The van der Waals surface area contributed by atoms with Gasteiger partial charge in [0.05, 0.1) is 6.10 Å². The van der Waals surface area contributed by atoms with Gasteiger partial charge in [0.25, 0.3) is 0 Å². The van der Waals surface area contributed by atoms with Crippen LogP contribution in [0.3, 0.4) is 0 Å². The van der Waals surface area contributed by atoms with Crippen LogP contribution in [-0.4, -0.2) is 16.3 Å². The molecule has 0 saturated heterocycles. The summed E-state index contributed by atoms with van der Waals surface area (Å²) in [4.78, 5) is 0. The van der Waals surface area contributed by atoms with E-state index in [0.29, 0.717) is 12.3 Å². The van der Waals surface area contributed by atoms with Crippen LogP contribution in [0.4, 0.5) is 0 Å². The second-order valence-corrected chi connectivity index (χ2v) is 4.69. The van der Waals surface area contributed by atoms with Gasteiger partial charge in [-0.2, -0.15) is 0 Å². The van der Waals surface area contributed by atoms with Gasteiger partial charge in [-0.25, -0.2) is 0 Å². The average molecular weight is 222 g/mol. The van der Waals surface area contributed by atoms with E-state index in [2.05, 4.69) is 19.9 Å². The predicted molar refractivity (Wildman–Crippen MR) is 66.5 cm³/mol. The maximum atomic E-state index is 10.0. The van der Waals surface area contributed by atoms with E-state index in [0.717, 1.165) is 11.1 Å². The molecule has 0 heterocycles. The molecule has 0 aromatic heterocycles. The highest BCUT2D eigenvalue weighted by Gasteiger charge is 2.18. The summed E-state index contributed by atoms with van der Waals surface area (Å²) >= 11 is 0. The fraction of sp³-hybridized carbons (Fsp3) is 0.571. The van der Waals surface area contributed by atoms with Crippen molar-refractivity contribution < 1.29 is 10.2 Å². The van der Waals surface area contributed by atoms with Gasteiger partial charge in [-0.15, -0.1) is 0 Å². The van der Waals surface area contributed by atoms with E-state index in [9.17, 15) is 10.2 Å². The lowest BCUT2D eigenvalue weighted by Crippen LogP contribution is -2.18. The molecule has 0 amide bonds. The second kappa shape index (κ2) is 5.46. The molecule has 2 nitrogen and oxygen atoms in total. The lowest BCUT2D eigenvalue weighted by atomic mass is 9.93. The molecule has 0 aliphatic heterocycles. The van der Waals surface area contributed by atoms with Crippen LogP contribution in [0.2, 0.25) is 0 Å². The first-order chi connectivity index (χ1) is 7.47. The van der Waals surface area contributed by atoms with Crippen molar-refractivity contribution in [1.82, 2.24) is 0 Å². The third kappa shape index (κ3) is 2.83. The molecular formula is C14H22O2. The maximum Gasteiger partial charge on any atom is 0.105 e. The molecule has 2 N–H and O–H groups in total. The first kappa shape index (κ1) is 13.2. The molecule has 0 aliphatic carbocycles. The SMILES string of the molecule is CCC(O)C(O)c1cc(C(C)C)ccc1C. The van der Waals surface area contributed by atoms with Crippen LogP contribution in [0, 0.1) is 6.92 Å². The quantitative estimate of drug-likeness (QED) is 0.822. The highest BCUT2D eigenvalue weighted by Crippen LogP contribution is 2.26. The number of benzene rings is 1. The Morgan fingerprint density at radius 2 is 1.81 bits per heavy atom. The van der Waals surface area contributed by atoms with Crippen LogP contribution >= 0.6 is 0 Å². The molecular weight excluding hydrogens is 200 g/mol. The molecule has 90 valence electrons. The van der Waals surface area contributed by atoms with Crippen LogP contribution in [0.1, 0.15) is 55.9 Å². The zero-order valence-electron chi connectivity index (χ0n) is 10.6. The normalized spacial score (nSPS) is 15.2. The standard InChI is InChI=1S/C14H22O2/c1-5-13(15)14(16)12-8-11(9(2)3)7-6-10(12)4/h6-9,13-16H,5H2,1-4H3. The van der Waals surface area contributed by atoms with E-state index < -0.39 is 12.2 Å². The Balaban J connectivity index is 3.06. The van der Waals surface area contributed by atoms with Gasteiger partial charge >= 0.3 is 0 Å². The summed E-state index contributed by atoms with van der Waals surface area (Å²) in [5, 5.41) is 19.7. The molecule has 2 unspecified atom stereocenters. The third-order valence-corrected chi connectivity index (χ3v) is 3.07. The summed E-state index contributed by atoms with van der Waals surface area (Å²) in [6.07, 6.45) is -0.892. The summed E-state index contributed by atoms with van der Waals surface area (Å²) in [6.45, 7) is 8.08. The van der Waals surface area contributed by atoms with Crippen molar-refractivity contribution >= 4 is 0 Å². The topological polar surface area (TPSA) is 40.5 Å². The molecule has 1 aromatic rings. The minimum absolute atomic E-state index is 0.435. The summed E-state index contributed by atoms with van der Waals surface area (Å²) in [5.41, 5.74) is 3.08. The van der Waals surface area contributed by atoms with Gasteiger partial charge in [0, 0.05) is 0 Å². The number of aryl methyl sites for hydroxylation is 1. The molecule has 2 heteroatoms. The molecule has 1 aromatic carbocycles. The number of hydrogen-bond donors (Lipinski definition) is 2. The van der Waals surface area contributed by atoms with Gasteiger partial charge in [0.15, 0.2) is 0 Å². The van der Waals surface area contributed by atoms with Crippen molar-refractivity contribution in [1.29, 1.82) is 0 Å². The van der Waals surface area contributed by atoms with Gasteiger partial charge in [-0.1, -0.05) is 39.0 Å². The number of aliphatic hydroxyl groups is 2. The Labute approximate surface area is 97.9 Å². The summed E-state index contributed by atoms with van der Waals surface area (Å²) in [6, 6.07) is 6.09. The second-order valence-electron chi connectivity index (χ2n) is 4.69. The molecule has 0 spiro atoms. The van der Waals surface area contributed by atoms with E-state index in [4.69, 9.17) is 0 Å². The predicted octanol–water partition coefficient (Wildman–Crippen LogP) is 2.92. The number of aliphatic hydroxyl groups excluding tert-OH is 2. The van der Waals surface area contributed by atoms with Gasteiger partial charge in [0.2, 0.25) is 0 Å². The van der Waals surface area contributed by atoms with Crippen LogP contribution < -0.4 is 0 Å². The zero-order valence-corrected chi connectivity index (χ0v) is 10.6. The highest BCUT2D eigenvalue weighted by molar-refractivity contribution is 5.34. The van der Waals surface area contributed by atoms with Gasteiger partial charge < -0.3 is 10.2 Å². The van der Waals surface area contributed by atoms with E-state index in [1.54, 1.807) is 0 Å². The summed E-state index contributed by atoms with van der Waals surface area (Å²) in [5.74, 6) is 0.435. The van der Waals surface area contributed by atoms with Crippen LogP contribution in [0.25, 0.3) is 0 Å². The van der Waals surface area contributed by atoms with Crippen LogP contribution in [-0.2, 0) is 0 Å². The molecule has 0 bridgehead atoms. The Hall–Kier alpha value is -0.860. The Bertz CT molecular complexity index is 345. The van der Waals surface area contributed by atoms with Crippen molar-refractivity contribution in [2.24, 2.45) is 0 Å². The summed E-state index contributed by atoms with van der Waals surface area (Å²) in [7, 11) is 0. The van der Waals surface area contributed by atoms with Crippen molar-refractivity contribution in [2.75, 3.05) is 0 Å². The fourth-order valence-electron chi connectivity index (χ4n) is 1.77. The van der Waals surface area contributed by atoms with Gasteiger partial charge in [0.1, 0.15) is 6.10 Å². The van der Waals surface area contributed by atoms with E-state index >= 15 is 0 Å². The monoisotopic (exact) mass is 222 g/mol. The van der Waals surface area contributed by atoms with E-state index in [1.807, 2.05) is 26.0 Å². The van der Waals surface area contributed by atoms with Crippen molar-refractivity contribution in [3.8, 4) is 0 Å². The third-order valence-electron chi connectivity index (χ3n) is 3.07. The average Bonchev–Trinajstić information content (AvgIpc) is 2.27. The molecule has 16 heavy (non-hydrogen) atoms. The lowest BCUT2D eigenvalue weighted by Gasteiger charge is -2.20. The molecule has 0 aliphatic rings. The molecule has 0 radical (unpaired) electrons. The van der Waals surface area contributed by atoms with Crippen LogP contribution in [0.5, 0.6) is 0 Å². The van der Waals surface area contributed by atoms with Gasteiger partial charge in [-0.05, 0) is 36.0 Å². The first-order valence-corrected chi connectivity index (χ1v) is 5.94. The molecule has 0 saturated carbocycles. The number of rotatable bonds is 4. The van der Waals surface area contributed by atoms with E-state index in [1.165, 1.54) is 5.56 Å². The Morgan fingerprint density at radius 3 is 2.31 bits per heavy atom. The molecule has 2 atom stereocenters. The van der Waals surface area contributed by atoms with Crippen molar-refractivity contribution in [3.05, 3.63) is 34.9 Å².